The van der Waals surface area contributed by atoms with Gasteiger partial charge in [-0.15, -0.1) is 11.3 Å². The maximum absolute atomic E-state index is 4.90. The monoisotopic (exact) mass is 280 g/mol. The molecule has 0 atom stereocenters. The lowest BCUT2D eigenvalue weighted by atomic mass is 9.98. The van der Waals surface area contributed by atoms with Crippen LogP contribution in [0, 0.1) is 0 Å². The van der Waals surface area contributed by atoms with E-state index in [-0.39, 0.29) is 5.41 Å². The summed E-state index contributed by atoms with van der Waals surface area (Å²) >= 11 is 1.90. The summed E-state index contributed by atoms with van der Waals surface area (Å²) in [6, 6.07) is 0.736. The van der Waals surface area contributed by atoms with E-state index in [0.29, 0.717) is 5.92 Å². The van der Waals surface area contributed by atoms with Crippen molar-refractivity contribution in [3.05, 3.63) is 15.6 Å². The van der Waals surface area contributed by atoms with Crippen LogP contribution >= 0.6 is 11.3 Å². The SMILES string of the molecule is CC(C)c1nc(C(C)(C)C)sc1CNC1CCCC1. The summed E-state index contributed by atoms with van der Waals surface area (Å²) in [6.07, 6.45) is 5.49. The van der Waals surface area contributed by atoms with Crippen LogP contribution in [0.5, 0.6) is 0 Å². The van der Waals surface area contributed by atoms with Gasteiger partial charge in [-0.05, 0) is 18.8 Å². The molecule has 1 N–H and O–H groups in total. The minimum atomic E-state index is 0.167. The number of aromatic nitrogens is 1. The van der Waals surface area contributed by atoms with Gasteiger partial charge in [-0.1, -0.05) is 47.5 Å². The fraction of sp³-hybridized carbons (Fsp3) is 0.812. The highest BCUT2D eigenvalue weighted by atomic mass is 32.1. The van der Waals surface area contributed by atoms with Gasteiger partial charge >= 0.3 is 0 Å². The molecule has 0 aromatic carbocycles. The fourth-order valence-corrected chi connectivity index (χ4v) is 3.85. The highest BCUT2D eigenvalue weighted by molar-refractivity contribution is 7.11. The first kappa shape index (κ1) is 15.0. The number of rotatable bonds is 4. The van der Waals surface area contributed by atoms with E-state index in [4.69, 9.17) is 4.98 Å². The van der Waals surface area contributed by atoms with E-state index in [2.05, 4.69) is 39.9 Å². The molecule has 0 bridgehead atoms. The Kier molecular flexibility index (Phi) is 4.67. The first-order valence-corrected chi connectivity index (χ1v) is 8.43. The van der Waals surface area contributed by atoms with Gasteiger partial charge in [-0.2, -0.15) is 0 Å². The molecule has 1 saturated carbocycles. The normalized spacial score (nSPS) is 17.6. The summed E-state index contributed by atoms with van der Waals surface area (Å²) in [5.41, 5.74) is 1.47. The van der Waals surface area contributed by atoms with Crippen molar-refractivity contribution in [1.82, 2.24) is 10.3 Å². The topological polar surface area (TPSA) is 24.9 Å². The molecule has 1 fully saturated rings. The van der Waals surface area contributed by atoms with Crippen LogP contribution < -0.4 is 5.32 Å². The zero-order valence-electron chi connectivity index (χ0n) is 13.0. The second kappa shape index (κ2) is 5.92. The van der Waals surface area contributed by atoms with Crippen molar-refractivity contribution in [1.29, 1.82) is 0 Å². The lowest BCUT2D eigenvalue weighted by Crippen LogP contribution is -2.25. The molecule has 1 aromatic heterocycles. The van der Waals surface area contributed by atoms with Crippen LogP contribution in [-0.4, -0.2) is 11.0 Å². The predicted octanol–water partition coefficient (Wildman–Crippen LogP) is 4.60. The van der Waals surface area contributed by atoms with Crippen LogP contribution in [0.25, 0.3) is 0 Å². The van der Waals surface area contributed by atoms with Gasteiger partial charge in [0.25, 0.3) is 0 Å². The Labute approximate surface area is 122 Å². The number of thiazole rings is 1. The quantitative estimate of drug-likeness (QED) is 0.872. The van der Waals surface area contributed by atoms with Crippen molar-refractivity contribution in [2.45, 2.75) is 84.2 Å². The van der Waals surface area contributed by atoms with Gasteiger partial charge in [-0.3, -0.25) is 0 Å². The second-order valence-electron chi connectivity index (χ2n) is 7.09. The van der Waals surface area contributed by atoms with Crippen molar-refractivity contribution in [2.24, 2.45) is 0 Å². The van der Waals surface area contributed by atoms with Crippen LogP contribution in [0.1, 0.15) is 81.8 Å². The second-order valence-corrected chi connectivity index (χ2v) is 8.18. The van der Waals surface area contributed by atoms with Gasteiger partial charge < -0.3 is 5.32 Å². The molecule has 1 aliphatic rings. The number of hydrogen-bond donors (Lipinski definition) is 1. The minimum Gasteiger partial charge on any atom is -0.309 e. The molecule has 1 aromatic rings. The van der Waals surface area contributed by atoms with E-state index in [1.54, 1.807) is 0 Å². The largest absolute Gasteiger partial charge is 0.309 e. The molecular formula is C16H28N2S. The first-order chi connectivity index (χ1) is 8.88. The Bertz CT molecular complexity index is 409. The van der Waals surface area contributed by atoms with Crippen molar-refractivity contribution in [3.8, 4) is 0 Å². The van der Waals surface area contributed by atoms with Crippen molar-refractivity contribution < 1.29 is 0 Å². The minimum absolute atomic E-state index is 0.167. The summed E-state index contributed by atoms with van der Waals surface area (Å²) in [7, 11) is 0. The van der Waals surface area contributed by atoms with Crippen LogP contribution in [0.2, 0.25) is 0 Å². The molecule has 0 aliphatic heterocycles. The summed E-state index contributed by atoms with van der Waals surface area (Å²) in [5.74, 6) is 0.521. The third-order valence-corrected chi connectivity index (χ3v) is 5.32. The van der Waals surface area contributed by atoms with Gasteiger partial charge in [0.2, 0.25) is 0 Å². The van der Waals surface area contributed by atoms with Crippen molar-refractivity contribution >= 4 is 11.3 Å². The zero-order chi connectivity index (χ0) is 14.0. The number of nitrogens with one attached hydrogen (secondary N) is 1. The Balaban J connectivity index is 2.10. The molecule has 0 spiro atoms. The molecule has 19 heavy (non-hydrogen) atoms. The van der Waals surface area contributed by atoms with Gasteiger partial charge in [0.1, 0.15) is 0 Å². The Morgan fingerprint density at radius 3 is 2.42 bits per heavy atom. The third kappa shape index (κ3) is 3.79. The molecule has 2 rings (SSSR count). The predicted molar refractivity (Wildman–Crippen MR) is 84.0 cm³/mol. The van der Waals surface area contributed by atoms with Crippen molar-refractivity contribution in [3.63, 3.8) is 0 Å². The summed E-state index contributed by atoms with van der Waals surface area (Å²) in [4.78, 5) is 6.36. The Morgan fingerprint density at radius 1 is 1.26 bits per heavy atom. The van der Waals surface area contributed by atoms with E-state index in [1.165, 1.54) is 41.3 Å². The van der Waals surface area contributed by atoms with Crippen LogP contribution in [0.4, 0.5) is 0 Å². The zero-order valence-corrected chi connectivity index (χ0v) is 13.9. The van der Waals surface area contributed by atoms with E-state index >= 15 is 0 Å². The van der Waals surface area contributed by atoms with Crippen LogP contribution in [0.3, 0.4) is 0 Å². The molecule has 1 aliphatic carbocycles. The van der Waals surface area contributed by atoms with Crippen molar-refractivity contribution in [2.75, 3.05) is 0 Å². The molecular weight excluding hydrogens is 252 g/mol. The van der Waals surface area contributed by atoms with E-state index in [1.807, 2.05) is 11.3 Å². The first-order valence-electron chi connectivity index (χ1n) is 7.61. The lowest BCUT2D eigenvalue weighted by Gasteiger charge is -2.13. The Hall–Kier alpha value is -0.410. The van der Waals surface area contributed by atoms with E-state index in [9.17, 15) is 0 Å². The van der Waals surface area contributed by atoms with E-state index in [0.717, 1.165) is 12.6 Å². The van der Waals surface area contributed by atoms with E-state index < -0.39 is 0 Å². The average molecular weight is 280 g/mol. The molecule has 0 radical (unpaired) electrons. The molecule has 0 unspecified atom stereocenters. The van der Waals surface area contributed by atoms with Gasteiger partial charge in [0.15, 0.2) is 0 Å². The van der Waals surface area contributed by atoms with Gasteiger partial charge in [0, 0.05) is 22.9 Å². The highest BCUT2D eigenvalue weighted by Gasteiger charge is 2.23. The number of hydrogen-bond acceptors (Lipinski definition) is 3. The fourth-order valence-electron chi connectivity index (χ4n) is 2.63. The molecule has 0 saturated heterocycles. The van der Waals surface area contributed by atoms with Gasteiger partial charge in [-0.25, -0.2) is 4.98 Å². The summed E-state index contributed by atoms with van der Waals surface area (Å²) in [5, 5.41) is 5.01. The summed E-state index contributed by atoms with van der Waals surface area (Å²) in [6.45, 7) is 12.3. The molecule has 108 valence electrons. The van der Waals surface area contributed by atoms with Crippen LogP contribution in [-0.2, 0) is 12.0 Å². The highest BCUT2D eigenvalue weighted by Crippen LogP contribution is 2.32. The maximum atomic E-state index is 4.90. The average Bonchev–Trinajstić information content (AvgIpc) is 2.94. The lowest BCUT2D eigenvalue weighted by molar-refractivity contribution is 0.524. The molecule has 1 heterocycles. The van der Waals surface area contributed by atoms with Crippen LogP contribution in [0.15, 0.2) is 0 Å². The Morgan fingerprint density at radius 2 is 1.89 bits per heavy atom. The summed E-state index contributed by atoms with van der Waals surface area (Å²) < 4.78 is 0. The molecule has 2 nitrogen and oxygen atoms in total. The smallest absolute Gasteiger partial charge is 0.0985 e. The number of nitrogens with zero attached hydrogens (tertiary/aromatic N) is 1. The molecule has 3 heteroatoms. The third-order valence-electron chi connectivity index (χ3n) is 3.82. The van der Waals surface area contributed by atoms with Gasteiger partial charge in [0.05, 0.1) is 10.7 Å². The maximum Gasteiger partial charge on any atom is 0.0985 e. The molecule has 0 amide bonds. The standard InChI is InChI=1S/C16H28N2S/c1-11(2)14-13(10-17-12-8-6-7-9-12)19-15(18-14)16(3,4)5/h11-12,17H,6-10H2,1-5H3.